The van der Waals surface area contributed by atoms with Gasteiger partial charge in [0.1, 0.15) is 0 Å². The van der Waals surface area contributed by atoms with E-state index < -0.39 is 0 Å². The van der Waals surface area contributed by atoms with Crippen LogP contribution >= 0.6 is 0 Å². The highest BCUT2D eigenvalue weighted by molar-refractivity contribution is 5.33. The summed E-state index contributed by atoms with van der Waals surface area (Å²) in [5.74, 6) is 0. The molecule has 0 spiro atoms. The zero-order valence-corrected chi connectivity index (χ0v) is 11.7. The van der Waals surface area contributed by atoms with Crippen LogP contribution in [0.2, 0.25) is 0 Å². The Morgan fingerprint density at radius 1 is 1.30 bits per heavy atom. The van der Waals surface area contributed by atoms with Gasteiger partial charge in [0.05, 0.1) is 5.69 Å². The molecule has 0 aromatic carbocycles. The number of nitrogen functional groups attached to an aromatic ring is 1. The fourth-order valence-electron chi connectivity index (χ4n) is 2.08. The van der Waals surface area contributed by atoms with Crippen LogP contribution in [0, 0.1) is 0 Å². The lowest BCUT2D eigenvalue weighted by molar-refractivity contribution is 0.310. The van der Waals surface area contributed by atoms with Crippen LogP contribution in [0.25, 0.3) is 0 Å². The third kappa shape index (κ3) is 4.20. The van der Waals surface area contributed by atoms with Crippen LogP contribution in [-0.2, 0) is 13.1 Å². The normalized spacial score (nSPS) is 10.9. The van der Waals surface area contributed by atoms with E-state index in [-0.39, 0.29) is 5.56 Å². The molecule has 2 rings (SSSR count). The van der Waals surface area contributed by atoms with Crippen molar-refractivity contribution in [2.75, 3.05) is 19.3 Å². The van der Waals surface area contributed by atoms with Gasteiger partial charge in [0.25, 0.3) is 5.56 Å². The summed E-state index contributed by atoms with van der Waals surface area (Å²) in [4.78, 5) is 18.1. The monoisotopic (exact) mass is 272 g/mol. The number of hydrogen-bond acceptors (Lipinski definition) is 4. The van der Waals surface area contributed by atoms with E-state index in [1.165, 1.54) is 6.07 Å². The van der Waals surface area contributed by atoms with E-state index in [1.807, 2.05) is 18.2 Å². The van der Waals surface area contributed by atoms with Gasteiger partial charge in [-0.1, -0.05) is 6.07 Å². The summed E-state index contributed by atoms with van der Waals surface area (Å²) in [6, 6.07) is 9.05. The number of aromatic nitrogens is 2. The standard InChI is InChI=1S/C15H20N4O/c1-18(12-14-5-2-3-8-17-14)9-4-10-19-11-13(16)6-7-15(19)20/h2-3,5-8,11H,4,9-10,12,16H2,1H3. The Labute approximate surface area is 118 Å². The summed E-state index contributed by atoms with van der Waals surface area (Å²) in [5.41, 5.74) is 7.34. The molecule has 0 bridgehead atoms. The summed E-state index contributed by atoms with van der Waals surface area (Å²) in [6.07, 6.45) is 4.39. The largest absolute Gasteiger partial charge is 0.398 e. The zero-order chi connectivity index (χ0) is 14.4. The summed E-state index contributed by atoms with van der Waals surface area (Å²) < 4.78 is 1.66. The number of aryl methyl sites for hydroxylation is 1. The second-order valence-electron chi connectivity index (χ2n) is 4.91. The van der Waals surface area contributed by atoms with E-state index in [0.717, 1.165) is 25.2 Å². The average molecular weight is 272 g/mol. The number of nitrogens with zero attached hydrogens (tertiary/aromatic N) is 3. The molecule has 2 aromatic heterocycles. The Bertz CT molecular complexity index is 594. The second kappa shape index (κ2) is 6.86. The number of anilines is 1. The molecule has 2 heterocycles. The van der Waals surface area contributed by atoms with Gasteiger partial charge < -0.3 is 15.2 Å². The van der Waals surface area contributed by atoms with Crippen molar-refractivity contribution >= 4 is 5.69 Å². The minimum Gasteiger partial charge on any atom is -0.398 e. The maximum atomic E-state index is 11.6. The van der Waals surface area contributed by atoms with Crippen LogP contribution in [0.15, 0.2) is 47.5 Å². The lowest BCUT2D eigenvalue weighted by atomic mass is 10.3. The molecule has 106 valence electrons. The first-order valence-corrected chi connectivity index (χ1v) is 6.69. The molecule has 2 N–H and O–H groups in total. The Morgan fingerprint density at radius 3 is 2.90 bits per heavy atom. The van der Waals surface area contributed by atoms with Gasteiger partial charge in [-0.15, -0.1) is 0 Å². The zero-order valence-electron chi connectivity index (χ0n) is 11.7. The Balaban J connectivity index is 1.81. The first-order chi connectivity index (χ1) is 9.65. The third-order valence-corrected chi connectivity index (χ3v) is 3.10. The molecule has 0 aliphatic carbocycles. The number of rotatable bonds is 6. The highest BCUT2D eigenvalue weighted by atomic mass is 16.1. The Kier molecular flexibility index (Phi) is 4.90. The minimum absolute atomic E-state index is 0.00780. The quantitative estimate of drug-likeness (QED) is 0.862. The molecular formula is C15H20N4O. The topological polar surface area (TPSA) is 64.2 Å². The van der Waals surface area contributed by atoms with Crippen LogP contribution < -0.4 is 11.3 Å². The second-order valence-corrected chi connectivity index (χ2v) is 4.91. The molecule has 5 heteroatoms. The molecule has 5 nitrogen and oxygen atoms in total. The Hall–Kier alpha value is -2.14. The van der Waals surface area contributed by atoms with E-state index in [9.17, 15) is 4.79 Å². The van der Waals surface area contributed by atoms with Crippen molar-refractivity contribution in [3.05, 3.63) is 58.8 Å². The fraction of sp³-hybridized carbons (Fsp3) is 0.333. The third-order valence-electron chi connectivity index (χ3n) is 3.10. The van der Waals surface area contributed by atoms with Crippen LogP contribution in [0.4, 0.5) is 5.69 Å². The summed E-state index contributed by atoms with van der Waals surface area (Å²) in [7, 11) is 2.05. The minimum atomic E-state index is -0.00780. The van der Waals surface area contributed by atoms with E-state index in [1.54, 1.807) is 23.0 Å². The van der Waals surface area contributed by atoms with Crippen molar-refractivity contribution in [2.45, 2.75) is 19.5 Å². The van der Waals surface area contributed by atoms with Gasteiger partial charge in [-0.3, -0.25) is 9.78 Å². The molecule has 0 unspecified atom stereocenters. The fourth-order valence-corrected chi connectivity index (χ4v) is 2.08. The van der Waals surface area contributed by atoms with Gasteiger partial charge in [-0.25, -0.2) is 0 Å². The summed E-state index contributed by atoms with van der Waals surface area (Å²) in [5, 5.41) is 0. The Morgan fingerprint density at radius 2 is 2.15 bits per heavy atom. The van der Waals surface area contributed by atoms with Gasteiger partial charge in [0, 0.05) is 37.2 Å². The maximum absolute atomic E-state index is 11.6. The molecule has 0 aliphatic heterocycles. The van der Waals surface area contributed by atoms with E-state index in [4.69, 9.17) is 5.73 Å². The van der Waals surface area contributed by atoms with Gasteiger partial charge in [-0.05, 0) is 38.2 Å². The van der Waals surface area contributed by atoms with Crippen molar-refractivity contribution in [3.8, 4) is 0 Å². The number of hydrogen-bond donors (Lipinski definition) is 1. The molecule has 20 heavy (non-hydrogen) atoms. The van der Waals surface area contributed by atoms with E-state index >= 15 is 0 Å². The number of pyridine rings is 2. The maximum Gasteiger partial charge on any atom is 0.250 e. The van der Waals surface area contributed by atoms with Gasteiger partial charge in [0.2, 0.25) is 0 Å². The summed E-state index contributed by atoms with van der Waals surface area (Å²) in [6.45, 7) is 2.39. The van der Waals surface area contributed by atoms with Crippen LogP contribution in [-0.4, -0.2) is 28.0 Å². The number of nitrogens with two attached hydrogens (primary N) is 1. The molecule has 0 atom stereocenters. The van der Waals surface area contributed by atoms with Crippen molar-refractivity contribution in [1.29, 1.82) is 0 Å². The molecular weight excluding hydrogens is 252 g/mol. The molecule has 0 aliphatic rings. The van der Waals surface area contributed by atoms with E-state index in [2.05, 4.69) is 16.9 Å². The lowest BCUT2D eigenvalue weighted by Crippen LogP contribution is -2.24. The average Bonchev–Trinajstić information content (AvgIpc) is 2.44. The van der Waals surface area contributed by atoms with Crippen molar-refractivity contribution < 1.29 is 0 Å². The lowest BCUT2D eigenvalue weighted by Gasteiger charge is -2.16. The molecule has 2 aromatic rings. The van der Waals surface area contributed by atoms with Gasteiger partial charge >= 0.3 is 0 Å². The molecule has 0 fully saturated rings. The summed E-state index contributed by atoms with van der Waals surface area (Å²) >= 11 is 0. The van der Waals surface area contributed by atoms with Crippen LogP contribution in [0.5, 0.6) is 0 Å². The van der Waals surface area contributed by atoms with Crippen LogP contribution in [0.3, 0.4) is 0 Å². The highest BCUT2D eigenvalue weighted by Gasteiger charge is 2.02. The predicted molar refractivity (Wildman–Crippen MR) is 80.3 cm³/mol. The van der Waals surface area contributed by atoms with Crippen LogP contribution in [0.1, 0.15) is 12.1 Å². The molecule has 0 saturated heterocycles. The first kappa shape index (κ1) is 14.3. The van der Waals surface area contributed by atoms with Crippen molar-refractivity contribution in [2.24, 2.45) is 0 Å². The molecule has 0 amide bonds. The van der Waals surface area contributed by atoms with Gasteiger partial charge in [-0.2, -0.15) is 0 Å². The van der Waals surface area contributed by atoms with Gasteiger partial charge in [0.15, 0.2) is 0 Å². The van der Waals surface area contributed by atoms with Crippen molar-refractivity contribution in [3.63, 3.8) is 0 Å². The predicted octanol–water partition coefficient (Wildman–Crippen LogP) is 1.35. The van der Waals surface area contributed by atoms with E-state index in [0.29, 0.717) is 12.2 Å². The highest BCUT2D eigenvalue weighted by Crippen LogP contribution is 2.01. The molecule has 0 radical (unpaired) electrons. The smallest absolute Gasteiger partial charge is 0.250 e. The molecule has 0 saturated carbocycles. The SMILES string of the molecule is CN(CCCn1cc(N)ccc1=O)Cc1ccccn1. The van der Waals surface area contributed by atoms with Crippen molar-refractivity contribution in [1.82, 2.24) is 14.5 Å². The first-order valence-electron chi connectivity index (χ1n) is 6.69.